The fourth-order valence-corrected chi connectivity index (χ4v) is 7.53. The zero-order valence-electron chi connectivity index (χ0n) is 34.6. The summed E-state index contributed by atoms with van der Waals surface area (Å²) in [5, 5.41) is 0. The Morgan fingerprint density at radius 2 is 1.03 bits per heavy atom. The fourth-order valence-electron chi connectivity index (χ4n) is 6.80. The number of ether oxygens (including phenoxy) is 10. The van der Waals surface area contributed by atoms with Gasteiger partial charge in [0.2, 0.25) is 0 Å². The van der Waals surface area contributed by atoms with Gasteiger partial charge in [0.1, 0.15) is 37.2 Å². The minimum absolute atomic E-state index is 0.0367. The standard InChI is InChI=1S/C44H57FO13Si/c1-29(46)53-37-35(24-45)56-44(42(55-31(3)48)40(37)54-30(2)47)58-38-36(28-49-25-32-16-10-7-11-17-32)57-43(50-22-23-59(4,5)6)41(52-27-34-20-14-9-15-21-34)39(38)51-26-33-18-12-8-13-19-33/h7-21,35-44H,22-28H2,1-6H3/t35-,36-,37+,38-,39+,40+,41-,42-,43-,44+/m1/s1. The number of esters is 3. The summed E-state index contributed by atoms with van der Waals surface area (Å²) in [5.74, 6) is -2.38. The normalized spacial score (nSPS) is 27.1. The van der Waals surface area contributed by atoms with Gasteiger partial charge in [-0.3, -0.25) is 14.4 Å². The van der Waals surface area contributed by atoms with Crippen molar-refractivity contribution >= 4 is 26.0 Å². The monoisotopic (exact) mass is 840 g/mol. The molecule has 2 heterocycles. The first kappa shape index (κ1) is 46.0. The molecule has 59 heavy (non-hydrogen) atoms. The molecule has 2 fully saturated rings. The third kappa shape index (κ3) is 14.3. The summed E-state index contributed by atoms with van der Waals surface area (Å²) in [6.07, 6.45) is -12.5. The second-order valence-corrected chi connectivity index (χ2v) is 21.4. The van der Waals surface area contributed by atoms with Crippen LogP contribution in [0.5, 0.6) is 0 Å². The van der Waals surface area contributed by atoms with Gasteiger partial charge in [0.05, 0.1) is 26.4 Å². The van der Waals surface area contributed by atoms with E-state index < -0.39 is 94.1 Å². The number of carbonyl (C=O) groups excluding carboxylic acids is 3. The quantitative estimate of drug-likeness (QED) is 0.0711. The Morgan fingerprint density at radius 3 is 1.54 bits per heavy atom. The van der Waals surface area contributed by atoms with Gasteiger partial charge < -0.3 is 47.4 Å². The molecule has 322 valence electrons. The minimum Gasteiger partial charge on any atom is -0.456 e. The van der Waals surface area contributed by atoms with E-state index in [1.54, 1.807) is 0 Å². The molecule has 10 atom stereocenters. The van der Waals surface area contributed by atoms with E-state index in [4.69, 9.17) is 47.4 Å². The highest BCUT2D eigenvalue weighted by atomic mass is 28.3. The fraction of sp³-hybridized carbons (Fsp3) is 0.523. The van der Waals surface area contributed by atoms with E-state index >= 15 is 0 Å². The summed E-state index contributed by atoms with van der Waals surface area (Å²) < 4.78 is 77.5. The molecule has 2 aliphatic rings. The lowest BCUT2D eigenvalue weighted by atomic mass is 9.96. The molecule has 0 bridgehead atoms. The van der Waals surface area contributed by atoms with Crippen LogP contribution in [0.4, 0.5) is 4.39 Å². The third-order valence-corrected chi connectivity index (χ3v) is 11.3. The van der Waals surface area contributed by atoms with Crippen molar-refractivity contribution in [1.29, 1.82) is 0 Å². The van der Waals surface area contributed by atoms with Gasteiger partial charge in [-0.15, -0.1) is 0 Å². The van der Waals surface area contributed by atoms with E-state index in [-0.39, 0.29) is 26.4 Å². The van der Waals surface area contributed by atoms with Crippen molar-refractivity contribution in [3.8, 4) is 0 Å². The molecule has 2 saturated heterocycles. The Hall–Kier alpha value is -4.06. The van der Waals surface area contributed by atoms with Crippen molar-refractivity contribution < 1.29 is 66.1 Å². The van der Waals surface area contributed by atoms with Gasteiger partial charge in [0.25, 0.3) is 0 Å². The molecule has 0 saturated carbocycles. The highest BCUT2D eigenvalue weighted by Gasteiger charge is 2.56. The Labute approximate surface area is 346 Å². The van der Waals surface area contributed by atoms with Crippen LogP contribution in [0.15, 0.2) is 91.0 Å². The predicted octanol–water partition coefficient (Wildman–Crippen LogP) is 6.33. The number of halogens is 1. The van der Waals surface area contributed by atoms with Gasteiger partial charge in [-0.25, -0.2) is 4.39 Å². The Morgan fingerprint density at radius 1 is 0.559 bits per heavy atom. The van der Waals surface area contributed by atoms with Crippen molar-refractivity contribution in [3.63, 3.8) is 0 Å². The van der Waals surface area contributed by atoms with Gasteiger partial charge in [-0.1, -0.05) is 111 Å². The van der Waals surface area contributed by atoms with Crippen molar-refractivity contribution in [1.82, 2.24) is 0 Å². The van der Waals surface area contributed by atoms with Gasteiger partial charge in [-0.05, 0) is 22.7 Å². The molecule has 0 amide bonds. The lowest BCUT2D eigenvalue weighted by Gasteiger charge is -2.49. The molecule has 2 aliphatic heterocycles. The molecule has 0 aliphatic carbocycles. The SMILES string of the molecule is CC(=O)O[C@H]1[C@@H](OC(C)=O)[C@@H](CF)O[C@@H](O[C@H]2[C@H](OCc3ccccc3)[C@@H](OCc3ccccc3)[C@H](OCC[Si](C)(C)C)O[C@@H]2COCc2ccccc2)[C@@H]1OC(C)=O. The van der Waals surface area contributed by atoms with Crippen LogP contribution in [-0.2, 0) is 81.6 Å². The lowest BCUT2D eigenvalue weighted by molar-refractivity contribution is -0.368. The first-order valence-corrected chi connectivity index (χ1v) is 23.6. The van der Waals surface area contributed by atoms with Gasteiger partial charge in [-0.2, -0.15) is 0 Å². The second-order valence-electron chi connectivity index (χ2n) is 15.8. The molecule has 13 nitrogen and oxygen atoms in total. The van der Waals surface area contributed by atoms with Crippen LogP contribution in [0.25, 0.3) is 0 Å². The van der Waals surface area contributed by atoms with E-state index in [1.165, 1.54) is 0 Å². The average molecular weight is 841 g/mol. The smallest absolute Gasteiger partial charge is 0.303 e. The maximum atomic E-state index is 14.9. The Balaban J connectivity index is 1.58. The molecular formula is C44H57FO13Si. The summed E-state index contributed by atoms with van der Waals surface area (Å²) in [7, 11) is -1.55. The van der Waals surface area contributed by atoms with Crippen molar-refractivity contribution in [2.45, 2.75) is 128 Å². The zero-order chi connectivity index (χ0) is 42.4. The second kappa shape index (κ2) is 22.5. The minimum atomic E-state index is -1.59. The highest BCUT2D eigenvalue weighted by Crippen LogP contribution is 2.36. The number of rotatable bonds is 20. The topological polar surface area (TPSA) is 144 Å². The predicted molar refractivity (Wildman–Crippen MR) is 215 cm³/mol. The first-order valence-electron chi connectivity index (χ1n) is 19.9. The van der Waals surface area contributed by atoms with Crippen LogP contribution in [0, 0.1) is 0 Å². The molecule has 0 spiro atoms. The molecule has 15 heteroatoms. The Kier molecular flexibility index (Phi) is 17.6. The van der Waals surface area contributed by atoms with Gasteiger partial charge >= 0.3 is 17.9 Å². The largest absolute Gasteiger partial charge is 0.456 e. The van der Waals surface area contributed by atoms with E-state index in [0.717, 1.165) is 43.5 Å². The number of benzene rings is 3. The number of alkyl halides is 1. The van der Waals surface area contributed by atoms with Crippen LogP contribution in [0.1, 0.15) is 37.5 Å². The highest BCUT2D eigenvalue weighted by molar-refractivity contribution is 6.76. The first-order chi connectivity index (χ1) is 28.3. The molecule has 0 N–H and O–H groups in total. The zero-order valence-corrected chi connectivity index (χ0v) is 35.6. The number of hydrogen-bond acceptors (Lipinski definition) is 13. The summed E-state index contributed by atoms with van der Waals surface area (Å²) in [6.45, 7) is 9.84. The van der Waals surface area contributed by atoms with E-state index in [0.29, 0.717) is 6.61 Å². The van der Waals surface area contributed by atoms with Crippen molar-refractivity contribution in [2.24, 2.45) is 0 Å². The third-order valence-electron chi connectivity index (χ3n) is 9.63. The van der Waals surface area contributed by atoms with E-state index in [1.807, 2.05) is 91.0 Å². The summed E-state index contributed by atoms with van der Waals surface area (Å²) >= 11 is 0. The maximum absolute atomic E-state index is 14.9. The average Bonchev–Trinajstić information content (AvgIpc) is 3.19. The number of carbonyl (C=O) groups is 3. The molecule has 5 rings (SSSR count). The van der Waals surface area contributed by atoms with Crippen LogP contribution in [-0.4, -0.2) is 107 Å². The molecular weight excluding hydrogens is 784 g/mol. The van der Waals surface area contributed by atoms with Crippen LogP contribution in [0.3, 0.4) is 0 Å². The molecule has 0 radical (unpaired) electrons. The van der Waals surface area contributed by atoms with Crippen LogP contribution >= 0.6 is 0 Å². The summed E-state index contributed by atoms with van der Waals surface area (Å²) in [4.78, 5) is 37.4. The van der Waals surface area contributed by atoms with Crippen molar-refractivity contribution in [2.75, 3.05) is 19.9 Å². The van der Waals surface area contributed by atoms with E-state index in [2.05, 4.69) is 19.6 Å². The summed E-state index contributed by atoms with van der Waals surface area (Å²) in [5.41, 5.74) is 2.66. The van der Waals surface area contributed by atoms with Crippen LogP contribution < -0.4 is 0 Å². The Bertz CT molecular complexity index is 1730. The lowest BCUT2D eigenvalue weighted by Crippen LogP contribution is -2.66. The molecule has 3 aromatic rings. The van der Waals surface area contributed by atoms with Gasteiger partial charge in [0, 0.05) is 35.5 Å². The van der Waals surface area contributed by atoms with E-state index in [9.17, 15) is 18.8 Å². The van der Waals surface area contributed by atoms with Crippen LogP contribution in [0.2, 0.25) is 25.7 Å². The maximum Gasteiger partial charge on any atom is 0.303 e. The molecule has 0 aromatic heterocycles. The van der Waals surface area contributed by atoms with Gasteiger partial charge in [0.15, 0.2) is 30.9 Å². The molecule has 0 unspecified atom stereocenters. The number of hydrogen-bond donors (Lipinski definition) is 0. The molecule has 3 aromatic carbocycles. The summed E-state index contributed by atoms with van der Waals surface area (Å²) in [6, 6.07) is 29.6. The van der Waals surface area contributed by atoms with Crippen molar-refractivity contribution in [3.05, 3.63) is 108 Å².